The van der Waals surface area contributed by atoms with Crippen molar-refractivity contribution in [2.24, 2.45) is 5.92 Å². The van der Waals surface area contributed by atoms with E-state index in [2.05, 4.69) is 36.5 Å². The largest absolute Gasteiger partial charge is 0.465 e. The summed E-state index contributed by atoms with van der Waals surface area (Å²) < 4.78 is 0. The Morgan fingerprint density at radius 1 is 1.03 bits per heavy atom. The second kappa shape index (κ2) is 9.96. The molecular formula is C29H37N3O4. The summed E-state index contributed by atoms with van der Waals surface area (Å²) in [5, 5.41) is 13.0. The zero-order chi connectivity index (χ0) is 26.1. The molecule has 2 fully saturated rings. The van der Waals surface area contributed by atoms with E-state index in [9.17, 15) is 19.5 Å². The number of nitrogens with one attached hydrogen (secondary N) is 1. The Balaban J connectivity index is 1.62. The molecule has 1 saturated heterocycles. The van der Waals surface area contributed by atoms with Crippen molar-refractivity contribution in [2.45, 2.75) is 70.4 Å². The summed E-state index contributed by atoms with van der Waals surface area (Å²) in [7, 11) is 0. The SMILES string of the molecule is CCc1ccc(C2CC(C(=O)Nc3ccccc3)CN(C(=O)C3(N(C(=O)O)C(C)(C)C)CC3)C2)cc1. The number of nitrogens with zero attached hydrogens (tertiary/aromatic N) is 2. The zero-order valence-electron chi connectivity index (χ0n) is 21.7. The first kappa shape index (κ1) is 25.7. The van der Waals surface area contributed by atoms with E-state index in [1.165, 1.54) is 10.5 Å². The molecule has 2 N–H and O–H groups in total. The molecule has 0 bridgehead atoms. The van der Waals surface area contributed by atoms with Crippen LogP contribution < -0.4 is 5.32 Å². The number of amides is 3. The first-order valence-corrected chi connectivity index (χ1v) is 12.8. The van der Waals surface area contributed by atoms with Crippen LogP contribution in [-0.4, -0.2) is 57.0 Å². The molecule has 3 amide bonds. The van der Waals surface area contributed by atoms with Gasteiger partial charge >= 0.3 is 6.09 Å². The van der Waals surface area contributed by atoms with Crippen molar-refractivity contribution in [2.75, 3.05) is 18.4 Å². The third kappa shape index (κ3) is 5.25. The summed E-state index contributed by atoms with van der Waals surface area (Å²) in [6.45, 7) is 8.31. The third-order valence-corrected chi connectivity index (χ3v) is 7.42. The number of para-hydroxylation sites is 1. The number of anilines is 1. The average molecular weight is 492 g/mol. The van der Waals surface area contributed by atoms with Gasteiger partial charge in [0.2, 0.25) is 11.8 Å². The first-order valence-electron chi connectivity index (χ1n) is 12.8. The normalized spacial score (nSPS) is 20.9. The number of benzene rings is 2. The maximum Gasteiger partial charge on any atom is 0.408 e. The molecule has 1 saturated carbocycles. The Hall–Kier alpha value is -3.35. The van der Waals surface area contributed by atoms with Gasteiger partial charge in [0.15, 0.2) is 0 Å². The Morgan fingerprint density at radius 2 is 1.67 bits per heavy atom. The number of aryl methyl sites for hydroxylation is 1. The fourth-order valence-electron chi connectivity index (χ4n) is 5.55. The van der Waals surface area contributed by atoms with Gasteiger partial charge in [0.1, 0.15) is 5.54 Å². The molecule has 0 radical (unpaired) electrons. The molecule has 1 aliphatic carbocycles. The molecule has 2 aromatic carbocycles. The molecule has 1 aliphatic heterocycles. The summed E-state index contributed by atoms with van der Waals surface area (Å²) in [6, 6.07) is 17.7. The highest BCUT2D eigenvalue weighted by atomic mass is 16.4. The van der Waals surface area contributed by atoms with Gasteiger partial charge in [-0.1, -0.05) is 49.4 Å². The molecule has 4 rings (SSSR count). The van der Waals surface area contributed by atoms with E-state index in [1.807, 2.05) is 51.1 Å². The molecule has 2 unspecified atom stereocenters. The predicted molar refractivity (Wildman–Crippen MR) is 140 cm³/mol. The van der Waals surface area contributed by atoms with Crippen molar-refractivity contribution in [1.29, 1.82) is 0 Å². The van der Waals surface area contributed by atoms with Crippen LogP contribution in [0.25, 0.3) is 0 Å². The van der Waals surface area contributed by atoms with Gasteiger partial charge in [-0.3, -0.25) is 14.5 Å². The monoisotopic (exact) mass is 491 g/mol. The minimum absolute atomic E-state index is 0.0103. The highest BCUT2D eigenvalue weighted by molar-refractivity contribution is 5.95. The standard InChI is InChI=1S/C29H37N3O4/c1-5-20-11-13-21(14-12-20)22-17-23(25(33)30-24-9-7-6-8-10-24)19-31(18-22)26(34)29(15-16-29)32(27(35)36)28(2,3)4/h6-14,22-23H,5,15-19H2,1-4H3,(H,30,33)(H,35,36). The van der Waals surface area contributed by atoms with Crippen molar-refractivity contribution in [1.82, 2.24) is 9.80 Å². The molecule has 192 valence electrons. The number of hydrogen-bond acceptors (Lipinski definition) is 3. The molecule has 7 nitrogen and oxygen atoms in total. The number of likely N-dealkylation sites (tertiary alicyclic amines) is 1. The topological polar surface area (TPSA) is 90.0 Å². The number of carbonyl (C=O) groups is 3. The van der Waals surface area contributed by atoms with Gasteiger partial charge in [-0.05, 0) is 69.7 Å². The van der Waals surface area contributed by atoms with Crippen LogP contribution in [0.2, 0.25) is 0 Å². The Labute approximate surface area is 213 Å². The summed E-state index contributed by atoms with van der Waals surface area (Å²) in [5.41, 5.74) is 1.28. The fourth-order valence-corrected chi connectivity index (χ4v) is 5.55. The average Bonchev–Trinajstić information content (AvgIpc) is 3.64. The minimum Gasteiger partial charge on any atom is -0.465 e. The molecule has 0 aromatic heterocycles. The highest BCUT2D eigenvalue weighted by Crippen LogP contribution is 2.48. The zero-order valence-corrected chi connectivity index (χ0v) is 21.7. The van der Waals surface area contributed by atoms with Crippen molar-refractivity contribution < 1.29 is 19.5 Å². The number of rotatable bonds is 6. The molecule has 2 atom stereocenters. The van der Waals surface area contributed by atoms with Gasteiger partial charge < -0.3 is 15.3 Å². The molecule has 7 heteroatoms. The lowest BCUT2D eigenvalue weighted by Crippen LogP contribution is -2.61. The van der Waals surface area contributed by atoms with Crippen molar-refractivity contribution in [3.63, 3.8) is 0 Å². The van der Waals surface area contributed by atoms with Crippen LogP contribution in [0.15, 0.2) is 54.6 Å². The summed E-state index contributed by atoms with van der Waals surface area (Å²) >= 11 is 0. The Morgan fingerprint density at radius 3 is 2.19 bits per heavy atom. The van der Waals surface area contributed by atoms with Crippen molar-refractivity contribution in [3.8, 4) is 0 Å². The van der Waals surface area contributed by atoms with Gasteiger partial charge in [-0.25, -0.2) is 4.79 Å². The Bertz CT molecular complexity index is 1100. The number of carbonyl (C=O) groups excluding carboxylic acids is 2. The molecule has 1 heterocycles. The van der Waals surface area contributed by atoms with Crippen molar-refractivity contribution >= 4 is 23.6 Å². The molecule has 2 aliphatic rings. The van der Waals surface area contributed by atoms with E-state index in [0.717, 1.165) is 17.7 Å². The van der Waals surface area contributed by atoms with E-state index in [1.54, 1.807) is 4.90 Å². The van der Waals surface area contributed by atoms with Gasteiger partial charge in [-0.15, -0.1) is 0 Å². The number of piperidine rings is 1. The van der Waals surface area contributed by atoms with Gasteiger partial charge in [-0.2, -0.15) is 0 Å². The number of hydrogen-bond donors (Lipinski definition) is 2. The summed E-state index contributed by atoms with van der Waals surface area (Å²) in [6.07, 6.45) is 1.49. The Kier molecular flexibility index (Phi) is 7.12. The first-order chi connectivity index (χ1) is 17.0. The van der Waals surface area contributed by atoms with Gasteiger partial charge in [0.25, 0.3) is 0 Å². The van der Waals surface area contributed by atoms with Crippen molar-refractivity contribution in [3.05, 3.63) is 65.7 Å². The van der Waals surface area contributed by atoms with Crippen LogP contribution in [0.5, 0.6) is 0 Å². The van der Waals surface area contributed by atoms with E-state index < -0.39 is 23.1 Å². The van der Waals surface area contributed by atoms with Crippen LogP contribution in [0.3, 0.4) is 0 Å². The third-order valence-electron chi connectivity index (χ3n) is 7.42. The van der Waals surface area contributed by atoms with E-state index >= 15 is 0 Å². The highest BCUT2D eigenvalue weighted by Gasteiger charge is 2.61. The molecule has 0 spiro atoms. The fraction of sp³-hybridized carbons (Fsp3) is 0.483. The summed E-state index contributed by atoms with van der Waals surface area (Å²) in [5.74, 6) is -0.719. The molecule has 2 aromatic rings. The van der Waals surface area contributed by atoms with Crippen LogP contribution in [0.1, 0.15) is 64.0 Å². The van der Waals surface area contributed by atoms with Crippen LogP contribution in [0, 0.1) is 5.92 Å². The molecular weight excluding hydrogens is 454 g/mol. The quantitative estimate of drug-likeness (QED) is 0.586. The van der Waals surface area contributed by atoms with Crippen LogP contribution >= 0.6 is 0 Å². The van der Waals surface area contributed by atoms with E-state index in [-0.39, 0.29) is 24.3 Å². The lowest BCUT2D eigenvalue weighted by Gasteiger charge is -2.44. The maximum atomic E-state index is 14.0. The summed E-state index contributed by atoms with van der Waals surface area (Å²) in [4.78, 5) is 42.6. The van der Waals surface area contributed by atoms with E-state index in [0.29, 0.717) is 25.8 Å². The lowest BCUT2D eigenvalue weighted by molar-refractivity contribution is -0.143. The maximum absolute atomic E-state index is 14.0. The minimum atomic E-state index is -1.09. The van der Waals surface area contributed by atoms with Crippen LogP contribution in [-0.2, 0) is 16.0 Å². The lowest BCUT2D eigenvalue weighted by atomic mass is 9.83. The predicted octanol–water partition coefficient (Wildman–Crippen LogP) is 5.13. The second-order valence-corrected chi connectivity index (χ2v) is 11.1. The van der Waals surface area contributed by atoms with E-state index in [4.69, 9.17) is 0 Å². The molecule has 36 heavy (non-hydrogen) atoms. The number of carboxylic acid groups (broad SMARTS) is 1. The van der Waals surface area contributed by atoms with Crippen LogP contribution in [0.4, 0.5) is 10.5 Å². The smallest absolute Gasteiger partial charge is 0.408 e. The van der Waals surface area contributed by atoms with Gasteiger partial charge in [0, 0.05) is 30.2 Å². The second-order valence-electron chi connectivity index (χ2n) is 11.1. The van der Waals surface area contributed by atoms with Gasteiger partial charge in [0.05, 0.1) is 5.92 Å².